The normalized spacial score (nSPS) is 19.1. The highest BCUT2D eigenvalue weighted by Gasteiger charge is 2.31. The average molecular weight is 330 g/mol. The van der Waals surface area contributed by atoms with Crippen molar-refractivity contribution in [2.45, 2.75) is 6.42 Å². The largest absolute Gasteiger partial charge is 0.397 e. The first-order valence-corrected chi connectivity index (χ1v) is 6.62. The summed E-state index contributed by atoms with van der Waals surface area (Å²) in [5.74, 6) is 1.01. The zero-order valence-corrected chi connectivity index (χ0v) is 11.7. The molecule has 1 fully saturated rings. The van der Waals surface area contributed by atoms with Gasteiger partial charge < -0.3 is 5.73 Å². The van der Waals surface area contributed by atoms with Crippen LogP contribution in [0.15, 0.2) is 10.7 Å². The van der Waals surface area contributed by atoms with Gasteiger partial charge in [0.15, 0.2) is 0 Å². The Morgan fingerprint density at radius 3 is 2.94 bits per heavy atom. The first-order chi connectivity index (χ1) is 8.56. The van der Waals surface area contributed by atoms with E-state index in [0.717, 1.165) is 0 Å². The van der Waals surface area contributed by atoms with E-state index in [0.29, 0.717) is 35.0 Å². The summed E-state index contributed by atoms with van der Waals surface area (Å²) in [6.07, 6.45) is 0.419. The molecule has 1 aliphatic heterocycles. The molecular weight excluding hydrogens is 320 g/mol. The van der Waals surface area contributed by atoms with Gasteiger partial charge in [-0.1, -0.05) is 0 Å². The van der Waals surface area contributed by atoms with Gasteiger partial charge in [0.05, 0.1) is 5.69 Å². The van der Waals surface area contributed by atoms with Crippen LogP contribution < -0.4 is 10.6 Å². The number of alkyl halides is 1. The molecular formula is C11H10BrClN4O. The maximum atomic E-state index is 11.8. The second-order valence-electron chi connectivity index (χ2n) is 4.08. The lowest BCUT2D eigenvalue weighted by atomic mass is 10.1. The van der Waals surface area contributed by atoms with Crippen molar-refractivity contribution in [3.63, 3.8) is 0 Å². The third-order valence-electron chi connectivity index (χ3n) is 2.80. The number of nitrogen functional groups attached to an aromatic ring is 1. The molecule has 1 aromatic rings. The lowest BCUT2D eigenvalue weighted by molar-refractivity contribution is -0.117. The van der Waals surface area contributed by atoms with Crippen molar-refractivity contribution in [1.29, 1.82) is 5.26 Å². The van der Waals surface area contributed by atoms with Gasteiger partial charge in [0.25, 0.3) is 0 Å². The highest BCUT2D eigenvalue weighted by atomic mass is 79.9. The first-order valence-electron chi connectivity index (χ1n) is 5.29. The number of carbonyl (C=O) groups excluding carboxylic acids is 1. The zero-order chi connectivity index (χ0) is 13.3. The monoisotopic (exact) mass is 328 g/mol. The maximum Gasteiger partial charge on any atom is 0.228 e. The number of nitriles is 1. The predicted octanol–water partition coefficient (Wildman–Crippen LogP) is 1.89. The molecule has 1 aromatic heterocycles. The fourth-order valence-electron chi connectivity index (χ4n) is 1.87. The Kier molecular flexibility index (Phi) is 3.73. The van der Waals surface area contributed by atoms with Crippen LogP contribution in [0.5, 0.6) is 0 Å². The van der Waals surface area contributed by atoms with Gasteiger partial charge >= 0.3 is 0 Å². The molecule has 1 atom stereocenters. The Morgan fingerprint density at radius 2 is 2.44 bits per heavy atom. The molecule has 18 heavy (non-hydrogen) atoms. The van der Waals surface area contributed by atoms with Crippen molar-refractivity contribution in [2.24, 2.45) is 5.92 Å². The topological polar surface area (TPSA) is 83.0 Å². The minimum atomic E-state index is -0.0239. The molecule has 7 heteroatoms. The number of hydrogen-bond donors (Lipinski definition) is 1. The van der Waals surface area contributed by atoms with Gasteiger partial charge in [0.2, 0.25) is 5.91 Å². The summed E-state index contributed by atoms with van der Waals surface area (Å²) in [5.41, 5.74) is 6.34. The number of hydrogen-bond acceptors (Lipinski definition) is 4. The smallest absolute Gasteiger partial charge is 0.228 e. The van der Waals surface area contributed by atoms with E-state index in [9.17, 15) is 4.79 Å². The molecule has 5 nitrogen and oxygen atoms in total. The second kappa shape index (κ2) is 5.12. The molecule has 2 rings (SSSR count). The van der Waals surface area contributed by atoms with Gasteiger partial charge in [-0.25, -0.2) is 4.98 Å². The van der Waals surface area contributed by atoms with E-state index < -0.39 is 0 Å². The van der Waals surface area contributed by atoms with Gasteiger partial charge in [-0.05, 0) is 21.8 Å². The van der Waals surface area contributed by atoms with E-state index in [4.69, 9.17) is 22.6 Å². The number of anilines is 2. The van der Waals surface area contributed by atoms with Crippen molar-refractivity contribution in [1.82, 2.24) is 4.98 Å². The van der Waals surface area contributed by atoms with E-state index >= 15 is 0 Å². The molecule has 1 saturated heterocycles. The lowest BCUT2D eigenvalue weighted by Gasteiger charge is -2.16. The Bertz CT molecular complexity index is 519. The van der Waals surface area contributed by atoms with E-state index in [2.05, 4.69) is 20.9 Å². The Morgan fingerprint density at radius 1 is 1.72 bits per heavy atom. The number of nitrogens with zero attached hydrogens (tertiary/aromatic N) is 3. The number of nitrogens with two attached hydrogens (primary N) is 1. The minimum absolute atomic E-state index is 0.0239. The minimum Gasteiger partial charge on any atom is -0.397 e. The van der Waals surface area contributed by atoms with Crippen molar-refractivity contribution < 1.29 is 4.79 Å². The van der Waals surface area contributed by atoms with Gasteiger partial charge in [-0.15, -0.1) is 11.6 Å². The fourth-order valence-corrected chi connectivity index (χ4v) is 2.58. The third-order valence-corrected chi connectivity index (χ3v) is 3.81. The van der Waals surface area contributed by atoms with Gasteiger partial charge in [-0.2, -0.15) is 5.26 Å². The molecule has 0 radical (unpaired) electrons. The first kappa shape index (κ1) is 13.1. The second-order valence-corrected chi connectivity index (χ2v) is 5.14. The van der Waals surface area contributed by atoms with Crippen LogP contribution in [0.3, 0.4) is 0 Å². The molecule has 1 aliphatic rings. The van der Waals surface area contributed by atoms with Crippen LogP contribution in [0.25, 0.3) is 0 Å². The number of pyridine rings is 1. The fraction of sp³-hybridized carbons (Fsp3) is 0.364. The summed E-state index contributed by atoms with van der Waals surface area (Å²) < 4.78 is 0.349. The lowest BCUT2D eigenvalue weighted by Crippen LogP contribution is -2.26. The molecule has 1 amide bonds. The van der Waals surface area contributed by atoms with Crippen LogP contribution in [0.2, 0.25) is 0 Å². The zero-order valence-electron chi connectivity index (χ0n) is 9.36. The number of carbonyl (C=O) groups is 1. The predicted molar refractivity (Wildman–Crippen MR) is 72.2 cm³/mol. The molecule has 0 aromatic carbocycles. The van der Waals surface area contributed by atoms with Crippen LogP contribution in [0, 0.1) is 17.2 Å². The van der Waals surface area contributed by atoms with Crippen LogP contribution in [0.1, 0.15) is 12.0 Å². The summed E-state index contributed by atoms with van der Waals surface area (Å²) in [4.78, 5) is 17.6. The summed E-state index contributed by atoms with van der Waals surface area (Å²) in [6, 6.07) is 3.49. The van der Waals surface area contributed by atoms with Crippen molar-refractivity contribution in [3.05, 3.63) is 16.2 Å². The third kappa shape index (κ3) is 2.28. The molecule has 94 valence electrons. The molecule has 0 aliphatic carbocycles. The van der Waals surface area contributed by atoms with E-state index in [1.807, 2.05) is 6.07 Å². The number of rotatable bonds is 2. The Hall–Kier alpha value is -1.32. The Balaban J connectivity index is 2.36. The summed E-state index contributed by atoms with van der Waals surface area (Å²) in [5, 5.41) is 8.89. The van der Waals surface area contributed by atoms with Crippen LogP contribution >= 0.6 is 27.5 Å². The molecule has 2 heterocycles. The molecule has 0 bridgehead atoms. The van der Waals surface area contributed by atoms with Crippen LogP contribution in [-0.4, -0.2) is 23.3 Å². The van der Waals surface area contributed by atoms with Crippen LogP contribution in [0.4, 0.5) is 11.5 Å². The molecule has 0 saturated carbocycles. The SMILES string of the molecule is N#Cc1c(N)cc(N2CC(CCl)CC2=O)nc1Br. The maximum absolute atomic E-state index is 11.8. The number of halogens is 2. The summed E-state index contributed by atoms with van der Waals surface area (Å²) >= 11 is 8.94. The summed E-state index contributed by atoms with van der Waals surface area (Å²) in [6.45, 7) is 0.535. The van der Waals surface area contributed by atoms with Crippen molar-refractivity contribution >= 4 is 44.9 Å². The average Bonchev–Trinajstić information content (AvgIpc) is 2.70. The van der Waals surface area contributed by atoms with E-state index in [1.165, 1.54) is 6.07 Å². The van der Waals surface area contributed by atoms with Crippen molar-refractivity contribution in [3.8, 4) is 6.07 Å². The molecule has 2 N–H and O–H groups in total. The van der Waals surface area contributed by atoms with E-state index in [1.54, 1.807) is 4.90 Å². The van der Waals surface area contributed by atoms with Crippen molar-refractivity contribution in [2.75, 3.05) is 23.1 Å². The Labute approximate surface area is 118 Å². The molecule has 0 spiro atoms. The number of aromatic nitrogens is 1. The van der Waals surface area contributed by atoms with Crippen LogP contribution in [-0.2, 0) is 4.79 Å². The quantitative estimate of drug-likeness (QED) is 0.663. The van der Waals surface area contributed by atoms with Gasteiger partial charge in [0.1, 0.15) is 22.1 Å². The summed E-state index contributed by atoms with van der Waals surface area (Å²) in [7, 11) is 0. The van der Waals surface area contributed by atoms with Gasteiger partial charge in [0, 0.05) is 24.9 Å². The highest BCUT2D eigenvalue weighted by Crippen LogP contribution is 2.29. The highest BCUT2D eigenvalue weighted by molar-refractivity contribution is 9.10. The number of amides is 1. The van der Waals surface area contributed by atoms with E-state index in [-0.39, 0.29) is 17.4 Å². The van der Waals surface area contributed by atoms with Gasteiger partial charge in [-0.3, -0.25) is 9.69 Å². The molecule has 1 unspecified atom stereocenters. The standard InChI is InChI=1S/C11H10BrClN4O/c12-11-7(4-14)8(15)2-9(16-11)17-5-6(3-13)1-10(17)18/h2,6H,1,3,5H2,(H2,15,16).